The number of hydrogen-bond acceptors (Lipinski definition) is 6. The molecule has 8 heteroatoms. The molecular weight excluding hydrogens is 355 g/mol. The van der Waals surface area contributed by atoms with Crippen LogP contribution in [0, 0.1) is 6.92 Å². The fourth-order valence-electron chi connectivity index (χ4n) is 1.75. The zero-order valence-electron chi connectivity index (χ0n) is 12.3. The number of rotatable bonds is 5. The van der Waals surface area contributed by atoms with Crippen molar-refractivity contribution in [2.24, 2.45) is 0 Å². The van der Waals surface area contributed by atoms with E-state index in [-0.39, 0.29) is 24.8 Å². The summed E-state index contributed by atoms with van der Waals surface area (Å²) in [6, 6.07) is 9.45. The molecule has 3 aromatic rings. The van der Waals surface area contributed by atoms with Gasteiger partial charge in [-0.25, -0.2) is 9.97 Å². The predicted molar refractivity (Wildman–Crippen MR) is 97.4 cm³/mol. The van der Waals surface area contributed by atoms with Crippen molar-refractivity contribution in [3.8, 4) is 5.75 Å². The van der Waals surface area contributed by atoms with Crippen molar-refractivity contribution in [2.75, 3.05) is 5.32 Å². The number of aryl methyl sites for hydroxylation is 1. The normalized spacial score (nSPS) is 9.43. The third kappa shape index (κ3) is 5.35. The minimum Gasteiger partial charge on any atom is -0.483 e. The van der Waals surface area contributed by atoms with Crippen LogP contribution in [0.1, 0.15) is 11.4 Å². The number of aromatic nitrogens is 3. The molecule has 1 N–H and O–H groups in total. The molecule has 3 heterocycles. The first-order valence-corrected chi connectivity index (χ1v) is 7.36. The maximum atomic E-state index is 5.79. The predicted octanol–water partition coefficient (Wildman–Crippen LogP) is 4.41. The smallest absolute Gasteiger partial charge is 0.188 e. The molecule has 0 unspecified atom stereocenters. The van der Waals surface area contributed by atoms with E-state index in [9.17, 15) is 0 Å². The average molecular weight is 371 g/mol. The van der Waals surface area contributed by atoms with E-state index >= 15 is 0 Å². The monoisotopic (exact) mass is 370 g/mol. The SMILES string of the molecule is Cc1csc(Nc2ncccc2OCc2ccccn2)n1.Cl.Cl. The standard InChI is InChI=1S/C15H14N4OS.2ClH/c1-11-10-21-15(18-11)19-14-13(6-4-8-17-14)20-9-12-5-2-3-7-16-12;;/h2-8,10H,9H2,1H3,(H,17,18,19);2*1H. The molecule has 0 saturated heterocycles. The van der Waals surface area contributed by atoms with Gasteiger partial charge in [-0.2, -0.15) is 0 Å². The van der Waals surface area contributed by atoms with Crippen LogP contribution in [0.5, 0.6) is 5.75 Å². The lowest BCUT2D eigenvalue weighted by molar-refractivity contribution is 0.302. The molecule has 3 rings (SSSR count). The molecule has 0 spiro atoms. The number of nitrogens with zero attached hydrogens (tertiary/aromatic N) is 3. The van der Waals surface area contributed by atoms with E-state index < -0.39 is 0 Å². The first kappa shape index (κ1) is 19.2. The largest absolute Gasteiger partial charge is 0.483 e. The highest BCUT2D eigenvalue weighted by Gasteiger charge is 2.07. The highest BCUT2D eigenvalue weighted by molar-refractivity contribution is 7.13. The van der Waals surface area contributed by atoms with Gasteiger partial charge in [0.25, 0.3) is 0 Å². The summed E-state index contributed by atoms with van der Waals surface area (Å²) in [4.78, 5) is 12.9. The molecule has 0 aliphatic heterocycles. The van der Waals surface area contributed by atoms with E-state index in [4.69, 9.17) is 4.74 Å². The number of hydrogen-bond donors (Lipinski definition) is 1. The van der Waals surface area contributed by atoms with Crippen LogP contribution in [0.2, 0.25) is 0 Å². The molecule has 0 aliphatic rings. The second-order valence-corrected chi connectivity index (χ2v) is 5.24. The highest BCUT2D eigenvalue weighted by atomic mass is 35.5. The Kier molecular flexibility index (Phi) is 7.74. The maximum Gasteiger partial charge on any atom is 0.188 e. The molecule has 0 aromatic carbocycles. The van der Waals surface area contributed by atoms with Crippen LogP contribution in [-0.2, 0) is 6.61 Å². The summed E-state index contributed by atoms with van der Waals surface area (Å²) in [6.07, 6.45) is 3.47. The van der Waals surface area contributed by atoms with E-state index in [1.165, 1.54) is 11.3 Å². The molecule has 23 heavy (non-hydrogen) atoms. The van der Waals surface area contributed by atoms with Crippen LogP contribution < -0.4 is 10.1 Å². The molecule has 122 valence electrons. The van der Waals surface area contributed by atoms with Crippen LogP contribution in [0.15, 0.2) is 48.1 Å². The number of nitrogens with one attached hydrogen (secondary N) is 1. The van der Waals surface area contributed by atoms with Gasteiger partial charge >= 0.3 is 0 Å². The average Bonchev–Trinajstić information content (AvgIpc) is 2.93. The third-order valence-electron chi connectivity index (χ3n) is 2.72. The van der Waals surface area contributed by atoms with Gasteiger partial charge in [0.15, 0.2) is 16.7 Å². The van der Waals surface area contributed by atoms with E-state index in [0.29, 0.717) is 18.2 Å². The van der Waals surface area contributed by atoms with Gasteiger partial charge in [0.1, 0.15) is 6.61 Å². The van der Waals surface area contributed by atoms with Crippen LogP contribution >= 0.6 is 36.2 Å². The zero-order chi connectivity index (χ0) is 14.5. The number of pyridine rings is 2. The van der Waals surface area contributed by atoms with Gasteiger partial charge < -0.3 is 10.1 Å². The molecule has 0 aliphatic carbocycles. The molecule has 0 atom stereocenters. The van der Waals surface area contributed by atoms with Crippen molar-refractivity contribution in [2.45, 2.75) is 13.5 Å². The first-order valence-electron chi connectivity index (χ1n) is 6.48. The lowest BCUT2D eigenvalue weighted by atomic mass is 10.3. The number of anilines is 2. The molecule has 3 aromatic heterocycles. The Morgan fingerprint density at radius 3 is 2.61 bits per heavy atom. The van der Waals surface area contributed by atoms with Crippen molar-refractivity contribution >= 4 is 47.1 Å². The minimum atomic E-state index is 0. The molecule has 0 bridgehead atoms. The minimum absolute atomic E-state index is 0. The summed E-state index contributed by atoms with van der Waals surface area (Å²) >= 11 is 1.54. The Bertz CT molecular complexity index is 724. The summed E-state index contributed by atoms with van der Waals surface area (Å²) in [5.41, 5.74) is 1.85. The van der Waals surface area contributed by atoms with Crippen molar-refractivity contribution in [1.82, 2.24) is 15.0 Å². The van der Waals surface area contributed by atoms with Crippen molar-refractivity contribution < 1.29 is 4.74 Å². The Morgan fingerprint density at radius 1 is 1.09 bits per heavy atom. The van der Waals surface area contributed by atoms with E-state index in [1.807, 2.05) is 42.6 Å². The van der Waals surface area contributed by atoms with Gasteiger partial charge in [0, 0.05) is 17.8 Å². The van der Waals surface area contributed by atoms with E-state index in [0.717, 1.165) is 16.5 Å². The molecule has 0 saturated carbocycles. The quantitative estimate of drug-likeness (QED) is 0.720. The fraction of sp³-hybridized carbons (Fsp3) is 0.133. The van der Waals surface area contributed by atoms with Gasteiger partial charge in [0.05, 0.1) is 11.4 Å². The Hall–Kier alpha value is -1.89. The molecule has 0 radical (unpaired) electrons. The van der Waals surface area contributed by atoms with Gasteiger partial charge in [-0.3, -0.25) is 4.98 Å². The van der Waals surface area contributed by atoms with Gasteiger partial charge in [-0.1, -0.05) is 6.07 Å². The third-order valence-corrected chi connectivity index (χ3v) is 3.59. The molecule has 0 fully saturated rings. The van der Waals surface area contributed by atoms with Crippen LogP contribution in [0.3, 0.4) is 0 Å². The van der Waals surface area contributed by atoms with Crippen LogP contribution in [-0.4, -0.2) is 15.0 Å². The molecular formula is C15H16Cl2N4OS. The number of thiazole rings is 1. The lowest BCUT2D eigenvalue weighted by Crippen LogP contribution is -2.01. The zero-order valence-corrected chi connectivity index (χ0v) is 14.8. The van der Waals surface area contributed by atoms with E-state index in [2.05, 4.69) is 20.3 Å². The Labute approximate surface area is 151 Å². The van der Waals surface area contributed by atoms with Crippen molar-refractivity contribution in [1.29, 1.82) is 0 Å². The fourth-order valence-corrected chi connectivity index (χ4v) is 2.44. The van der Waals surface area contributed by atoms with Crippen LogP contribution in [0.25, 0.3) is 0 Å². The highest BCUT2D eigenvalue weighted by Crippen LogP contribution is 2.27. The second kappa shape index (κ2) is 9.29. The number of ether oxygens (including phenoxy) is 1. The van der Waals surface area contributed by atoms with Gasteiger partial charge in [0.2, 0.25) is 0 Å². The Morgan fingerprint density at radius 2 is 1.91 bits per heavy atom. The molecule has 0 amide bonds. The van der Waals surface area contributed by atoms with Gasteiger partial charge in [-0.15, -0.1) is 36.2 Å². The molecule has 5 nitrogen and oxygen atoms in total. The summed E-state index contributed by atoms with van der Waals surface area (Å²) in [7, 11) is 0. The summed E-state index contributed by atoms with van der Waals surface area (Å²) in [6.45, 7) is 2.36. The Balaban J connectivity index is 0.00000132. The summed E-state index contributed by atoms with van der Waals surface area (Å²) in [5, 5.41) is 5.97. The summed E-state index contributed by atoms with van der Waals surface area (Å²) in [5.74, 6) is 1.33. The number of halogens is 2. The second-order valence-electron chi connectivity index (χ2n) is 4.38. The van der Waals surface area contributed by atoms with Gasteiger partial charge in [-0.05, 0) is 31.2 Å². The van der Waals surface area contributed by atoms with Crippen molar-refractivity contribution in [3.63, 3.8) is 0 Å². The van der Waals surface area contributed by atoms with Crippen LogP contribution in [0.4, 0.5) is 10.9 Å². The first-order chi connectivity index (χ1) is 10.3. The van der Waals surface area contributed by atoms with Crippen molar-refractivity contribution in [3.05, 3.63) is 59.5 Å². The maximum absolute atomic E-state index is 5.79. The lowest BCUT2D eigenvalue weighted by Gasteiger charge is -2.10. The van der Waals surface area contributed by atoms with E-state index in [1.54, 1.807) is 12.4 Å². The topological polar surface area (TPSA) is 59.9 Å². The summed E-state index contributed by atoms with van der Waals surface area (Å²) < 4.78 is 5.79.